The molecule has 0 bridgehead atoms. The topological polar surface area (TPSA) is 58.6 Å². The van der Waals surface area contributed by atoms with Crippen LogP contribution in [0.5, 0.6) is 5.75 Å². The molecule has 0 radical (unpaired) electrons. The molecule has 0 fully saturated rings. The highest BCUT2D eigenvalue weighted by Gasteiger charge is 2.22. The minimum absolute atomic E-state index is 0.459. The van der Waals surface area contributed by atoms with E-state index in [1.165, 1.54) is 14.1 Å². The first-order valence-electron chi connectivity index (χ1n) is 6.82. The fourth-order valence-electron chi connectivity index (χ4n) is 2.02. The first-order valence-corrected chi connectivity index (χ1v) is 8.26. The number of benzene rings is 2. The average Bonchev–Trinajstić information content (AvgIpc) is 2.53. The summed E-state index contributed by atoms with van der Waals surface area (Å²) in [5, 5.41) is 0. The van der Waals surface area contributed by atoms with Gasteiger partial charge in [0.05, 0.1) is 13.2 Å². The van der Waals surface area contributed by atoms with E-state index in [1.54, 1.807) is 7.11 Å². The van der Waals surface area contributed by atoms with Crippen molar-refractivity contribution < 1.29 is 13.2 Å². The Hall–Kier alpha value is -1.89. The molecule has 2 aromatic carbocycles. The molecule has 0 saturated heterocycles. The van der Waals surface area contributed by atoms with Crippen LogP contribution in [0.25, 0.3) is 0 Å². The largest absolute Gasteiger partial charge is 0.497 e. The van der Waals surface area contributed by atoms with Crippen LogP contribution in [0.1, 0.15) is 17.2 Å². The molecule has 1 N–H and O–H groups in total. The summed E-state index contributed by atoms with van der Waals surface area (Å²) >= 11 is 0. The number of hydrogen-bond acceptors (Lipinski definition) is 3. The van der Waals surface area contributed by atoms with Gasteiger partial charge in [-0.15, -0.1) is 0 Å². The molecule has 118 valence electrons. The fourth-order valence-corrected chi connectivity index (χ4v) is 2.81. The molecule has 0 heterocycles. The summed E-state index contributed by atoms with van der Waals surface area (Å²) < 4.78 is 33.4. The smallest absolute Gasteiger partial charge is 0.279 e. The van der Waals surface area contributed by atoms with Crippen molar-refractivity contribution in [2.45, 2.75) is 6.04 Å². The van der Waals surface area contributed by atoms with Crippen molar-refractivity contribution in [3.05, 3.63) is 65.7 Å². The van der Waals surface area contributed by atoms with E-state index >= 15 is 0 Å². The van der Waals surface area contributed by atoms with Gasteiger partial charge >= 0.3 is 0 Å². The van der Waals surface area contributed by atoms with Gasteiger partial charge in [-0.3, -0.25) is 0 Å². The minimum Gasteiger partial charge on any atom is -0.497 e. The summed E-state index contributed by atoms with van der Waals surface area (Å²) in [5.41, 5.74) is 1.72. The van der Waals surface area contributed by atoms with E-state index in [0.29, 0.717) is 0 Å². The van der Waals surface area contributed by atoms with Crippen LogP contribution >= 0.6 is 0 Å². The highest BCUT2D eigenvalue weighted by molar-refractivity contribution is 7.87. The second-order valence-corrected chi connectivity index (χ2v) is 6.94. The maximum Gasteiger partial charge on any atom is 0.279 e. The maximum absolute atomic E-state index is 12.2. The summed E-state index contributed by atoms with van der Waals surface area (Å²) in [7, 11) is 1.04. The molecule has 0 aliphatic rings. The predicted octanol–water partition coefficient (Wildman–Crippen LogP) is 2.18. The Kier molecular flexibility index (Phi) is 5.18. The molecule has 0 saturated carbocycles. The second-order valence-electron chi connectivity index (χ2n) is 5.02. The SMILES string of the molecule is COc1ccc(C(NS(=O)(=O)N(C)C)c2ccccc2)cc1. The molecule has 0 aromatic heterocycles. The van der Waals surface area contributed by atoms with Crippen molar-refractivity contribution in [3.63, 3.8) is 0 Å². The highest BCUT2D eigenvalue weighted by atomic mass is 32.2. The fraction of sp³-hybridized carbons (Fsp3) is 0.250. The van der Waals surface area contributed by atoms with Gasteiger partial charge in [0.25, 0.3) is 10.2 Å². The van der Waals surface area contributed by atoms with Crippen LogP contribution in [0.4, 0.5) is 0 Å². The van der Waals surface area contributed by atoms with Gasteiger partial charge in [-0.1, -0.05) is 42.5 Å². The molecule has 2 aromatic rings. The molecule has 22 heavy (non-hydrogen) atoms. The van der Waals surface area contributed by atoms with E-state index in [2.05, 4.69) is 4.72 Å². The summed E-state index contributed by atoms with van der Waals surface area (Å²) in [4.78, 5) is 0. The van der Waals surface area contributed by atoms with Gasteiger partial charge in [-0.05, 0) is 23.3 Å². The molecule has 5 nitrogen and oxygen atoms in total. The number of methoxy groups -OCH3 is 1. The average molecular weight is 320 g/mol. The lowest BCUT2D eigenvalue weighted by atomic mass is 10.00. The normalized spacial score (nSPS) is 13.1. The van der Waals surface area contributed by atoms with Crippen LogP contribution in [0.3, 0.4) is 0 Å². The lowest BCUT2D eigenvalue weighted by Crippen LogP contribution is -2.38. The summed E-state index contributed by atoms with van der Waals surface area (Å²) in [6.45, 7) is 0. The van der Waals surface area contributed by atoms with Gasteiger partial charge < -0.3 is 4.74 Å². The first kappa shape index (κ1) is 16.5. The molecule has 2 rings (SSSR count). The van der Waals surface area contributed by atoms with E-state index in [4.69, 9.17) is 4.74 Å². The number of ether oxygens (including phenoxy) is 1. The van der Waals surface area contributed by atoms with E-state index in [-0.39, 0.29) is 0 Å². The number of hydrogen-bond donors (Lipinski definition) is 1. The molecular formula is C16H20N2O3S. The molecule has 1 atom stereocenters. The molecule has 1 unspecified atom stereocenters. The molecule has 0 amide bonds. The number of rotatable bonds is 6. The third-order valence-corrected chi connectivity index (χ3v) is 4.82. The van der Waals surface area contributed by atoms with E-state index < -0.39 is 16.3 Å². The Labute approximate surface area is 131 Å². The summed E-state index contributed by atoms with van der Waals surface area (Å²) in [6, 6.07) is 16.3. The van der Waals surface area contributed by atoms with Crippen molar-refractivity contribution in [2.75, 3.05) is 21.2 Å². The van der Waals surface area contributed by atoms with E-state index in [1.807, 2.05) is 54.6 Å². The standard InChI is InChI=1S/C16H20N2O3S/c1-18(2)22(19,20)17-16(13-7-5-4-6-8-13)14-9-11-15(21-3)12-10-14/h4-12,16-17H,1-3H3. The zero-order valence-corrected chi connectivity index (χ0v) is 13.7. The van der Waals surface area contributed by atoms with E-state index in [9.17, 15) is 8.42 Å². The van der Waals surface area contributed by atoms with Crippen LogP contribution in [-0.2, 0) is 10.2 Å². The van der Waals surface area contributed by atoms with Crippen molar-refractivity contribution in [1.29, 1.82) is 0 Å². The van der Waals surface area contributed by atoms with Crippen molar-refractivity contribution in [1.82, 2.24) is 9.03 Å². The Balaban J connectivity index is 2.41. The lowest BCUT2D eigenvalue weighted by Gasteiger charge is -2.22. The third kappa shape index (κ3) is 3.85. The zero-order valence-electron chi connectivity index (χ0n) is 12.9. The van der Waals surface area contributed by atoms with Crippen molar-refractivity contribution in [3.8, 4) is 5.75 Å². The first-order chi connectivity index (χ1) is 10.4. The predicted molar refractivity (Wildman–Crippen MR) is 87.0 cm³/mol. The summed E-state index contributed by atoms with van der Waals surface area (Å²) in [6.07, 6.45) is 0. The Morgan fingerprint density at radius 1 is 0.955 bits per heavy atom. The van der Waals surface area contributed by atoms with Crippen LogP contribution in [0, 0.1) is 0 Å². The van der Waals surface area contributed by atoms with E-state index in [0.717, 1.165) is 21.2 Å². The Morgan fingerprint density at radius 3 is 2.00 bits per heavy atom. The third-order valence-electron chi connectivity index (χ3n) is 3.33. The molecule has 0 spiro atoms. The Bertz CT molecular complexity index is 698. The monoisotopic (exact) mass is 320 g/mol. The van der Waals surface area contributed by atoms with Gasteiger partial charge in [0.2, 0.25) is 0 Å². The molecule has 0 aliphatic heterocycles. The van der Waals surface area contributed by atoms with Crippen LogP contribution in [-0.4, -0.2) is 33.9 Å². The van der Waals surface area contributed by atoms with Gasteiger partial charge in [0, 0.05) is 14.1 Å². The van der Waals surface area contributed by atoms with Gasteiger partial charge in [0.1, 0.15) is 5.75 Å². The lowest BCUT2D eigenvalue weighted by molar-refractivity contribution is 0.414. The molecule has 6 heteroatoms. The van der Waals surface area contributed by atoms with Crippen LogP contribution in [0.15, 0.2) is 54.6 Å². The number of nitrogens with one attached hydrogen (secondary N) is 1. The highest BCUT2D eigenvalue weighted by Crippen LogP contribution is 2.25. The number of nitrogens with zero attached hydrogens (tertiary/aromatic N) is 1. The Morgan fingerprint density at radius 2 is 1.50 bits per heavy atom. The van der Waals surface area contributed by atoms with Gasteiger partial charge in [0.15, 0.2) is 0 Å². The molecular weight excluding hydrogens is 300 g/mol. The second kappa shape index (κ2) is 6.91. The zero-order chi connectivity index (χ0) is 16.2. The van der Waals surface area contributed by atoms with Gasteiger partial charge in [-0.2, -0.15) is 17.4 Å². The van der Waals surface area contributed by atoms with Crippen LogP contribution < -0.4 is 9.46 Å². The van der Waals surface area contributed by atoms with Crippen molar-refractivity contribution >= 4 is 10.2 Å². The quantitative estimate of drug-likeness (QED) is 0.887. The van der Waals surface area contributed by atoms with Gasteiger partial charge in [-0.25, -0.2) is 0 Å². The van der Waals surface area contributed by atoms with Crippen molar-refractivity contribution in [2.24, 2.45) is 0 Å². The summed E-state index contributed by atoms with van der Waals surface area (Å²) in [5.74, 6) is 0.728. The molecule has 0 aliphatic carbocycles. The van der Waals surface area contributed by atoms with Crippen LogP contribution in [0.2, 0.25) is 0 Å². The minimum atomic E-state index is -3.56. The maximum atomic E-state index is 12.2.